The monoisotopic (exact) mass is 498 g/mol. The van der Waals surface area contributed by atoms with Gasteiger partial charge in [-0.15, -0.1) is 21.5 Å². The Labute approximate surface area is 205 Å². The number of thiazole rings is 1. The Morgan fingerprint density at radius 3 is 2.79 bits per heavy atom. The predicted octanol–water partition coefficient (Wildman–Crippen LogP) is 5.57. The highest BCUT2D eigenvalue weighted by molar-refractivity contribution is 7.98. The smallest absolute Gasteiger partial charge is 0.270 e. The maximum absolute atomic E-state index is 12.4. The summed E-state index contributed by atoms with van der Waals surface area (Å²) in [6.07, 6.45) is 4.33. The standard InChI is InChI=1S/C23H23ClN6OS2/c1-4-15(3)26-22(31)18-12-32-20(27-18)13-33-23-29-28-21(16-7-9-25-10-8-16)30(23)19-11-17(24)6-5-14(19)2/h5-12,15H,4,13H2,1-3H3,(H,26,31). The zero-order valence-corrected chi connectivity index (χ0v) is 20.8. The van der Waals surface area contributed by atoms with Crippen molar-refractivity contribution in [3.8, 4) is 17.1 Å². The van der Waals surface area contributed by atoms with Crippen LogP contribution in [0.4, 0.5) is 0 Å². The highest BCUT2D eigenvalue weighted by Crippen LogP contribution is 2.32. The van der Waals surface area contributed by atoms with Gasteiger partial charge >= 0.3 is 0 Å². The highest BCUT2D eigenvalue weighted by atomic mass is 35.5. The van der Waals surface area contributed by atoms with Crippen molar-refractivity contribution < 1.29 is 4.79 Å². The minimum absolute atomic E-state index is 0.114. The van der Waals surface area contributed by atoms with Gasteiger partial charge in [-0.25, -0.2) is 4.98 Å². The number of nitrogens with one attached hydrogen (secondary N) is 1. The Balaban J connectivity index is 1.62. The second-order valence-electron chi connectivity index (χ2n) is 7.51. The second kappa shape index (κ2) is 10.5. The maximum atomic E-state index is 12.4. The Bertz CT molecular complexity index is 1260. The van der Waals surface area contributed by atoms with E-state index < -0.39 is 0 Å². The summed E-state index contributed by atoms with van der Waals surface area (Å²) >= 11 is 9.30. The van der Waals surface area contributed by atoms with Gasteiger partial charge in [0.05, 0.1) is 11.4 Å². The van der Waals surface area contributed by atoms with Crippen molar-refractivity contribution in [2.75, 3.05) is 0 Å². The number of hydrogen-bond acceptors (Lipinski definition) is 7. The molecule has 0 bridgehead atoms. The normalized spacial score (nSPS) is 12.0. The van der Waals surface area contributed by atoms with Crippen LogP contribution in [0.1, 0.15) is 41.3 Å². The number of carbonyl (C=O) groups excluding carboxylic acids is 1. The Hall–Kier alpha value is -2.75. The molecule has 0 aliphatic rings. The molecule has 0 saturated carbocycles. The van der Waals surface area contributed by atoms with Crippen molar-refractivity contribution in [2.45, 2.75) is 44.1 Å². The van der Waals surface area contributed by atoms with Gasteiger partial charge in [-0.2, -0.15) is 0 Å². The zero-order valence-electron chi connectivity index (χ0n) is 18.4. The van der Waals surface area contributed by atoms with Gasteiger partial charge in [0.25, 0.3) is 5.91 Å². The first-order valence-corrected chi connectivity index (χ1v) is 12.7. The molecule has 1 N–H and O–H groups in total. The van der Waals surface area contributed by atoms with E-state index in [1.807, 2.05) is 55.7 Å². The van der Waals surface area contributed by atoms with Crippen LogP contribution < -0.4 is 5.32 Å². The predicted molar refractivity (Wildman–Crippen MR) is 133 cm³/mol. The van der Waals surface area contributed by atoms with E-state index in [2.05, 4.69) is 25.5 Å². The van der Waals surface area contributed by atoms with Crippen LogP contribution in [0, 0.1) is 6.92 Å². The van der Waals surface area contributed by atoms with E-state index in [-0.39, 0.29) is 11.9 Å². The second-order valence-corrected chi connectivity index (χ2v) is 9.83. The van der Waals surface area contributed by atoms with Gasteiger partial charge in [0.15, 0.2) is 11.0 Å². The first-order valence-electron chi connectivity index (χ1n) is 10.5. The fourth-order valence-electron chi connectivity index (χ4n) is 3.10. The van der Waals surface area contributed by atoms with Crippen LogP contribution >= 0.6 is 34.7 Å². The molecule has 33 heavy (non-hydrogen) atoms. The molecule has 0 fully saturated rings. The molecule has 1 aromatic carbocycles. The molecule has 4 rings (SSSR count). The van der Waals surface area contributed by atoms with Gasteiger partial charge in [-0.05, 0) is 50.1 Å². The minimum atomic E-state index is -0.144. The molecule has 4 aromatic rings. The Kier molecular flexibility index (Phi) is 7.42. The number of hydrogen-bond donors (Lipinski definition) is 1. The average molecular weight is 499 g/mol. The maximum Gasteiger partial charge on any atom is 0.270 e. The molecule has 0 spiro atoms. The number of aryl methyl sites for hydroxylation is 1. The van der Waals surface area contributed by atoms with Gasteiger partial charge in [-0.3, -0.25) is 14.3 Å². The third-order valence-electron chi connectivity index (χ3n) is 5.08. The molecule has 1 amide bonds. The van der Waals surface area contributed by atoms with E-state index >= 15 is 0 Å². The van der Waals surface area contributed by atoms with Gasteiger partial charge in [0, 0.05) is 34.4 Å². The van der Waals surface area contributed by atoms with E-state index in [1.54, 1.807) is 17.8 Å². The summed E-state index contributed by atoms with van der Waals surface area (Å²) < 4.78 is 2.01. The SMILES string of the molecule is CCC(C)NC(=O)c1csc(CSc2nnc(-c3ccncc3)n2-c2cc(Cl)ccc2C)n1. The lowest BCUT2D eigenvalue weighted by atomic mass is 10.2. The van der Waals surface area contributed by atoms with E-state index in [0.29, 0.717) is 27.5 Å². The van der Waals surface area contributed by atoms with Crippen molar-refractivity contribution in [3.63, 3.8) is 0 Å². The first-order chi connectivity index (χ1) is 16.0. The molecular weight excluding hydrogens is 476 g/mol. The van der Waals surface area contributed by atoms with Crippen LogP contribution in [0.25, 0.3) is 17.1 Å². The number of carbonyl (C=O) groups is 1. The molecule has 0 aliphatic heterocycles. The molecular formula is C23H23ClN6OS2. The van der Waals surface area contributed by atoms with Crippen molar-refractivity contribution in [1.29, 1.82) is 0 Å². The summed E-state index contributed by atoms with van der Waals surface area (Å²) in [6.45, 7) is 6.04. The Morgan fingerprint density at radius 2 is 2.03 bits per heavy atom. The lowest BCUT2D eigenvalue weighted by Crippen LogP contribution is -2.32. The lowest BCUT2D eigenvalue weighted by molar-refractivity contribution is 0.0935. The van der Waals surface area contributed by atoms with Crippen LogP contribution in [0.3, 0.4) is 0 Å². The van der Waals surface area contributed by atoms with Crippen molar-refractivity contribution in [2.24, 2.45) is 0 Å². The van der Waals surface area contributed by atoms with Gasteiger partial charge in [-0.1, -0.05) is 36.4 Å². The van der Waals surface area contributed by atoms with Crippen LogP contribution in [0.5, 0.6) is 0 Å². The highest BCUT2D eigenvalue weighted by Gasteiger charge is 2.19. The van der Waals surface area contributed by atoms with Gasteiger partial charge in [0.1, 0.15) is 10.7 Å². The summed E-state index contributed by atoms with van der Waals surface area (Å²) in [5, 5.41) is 15.9. The first kappa shape index (κ1) is 23.4. The van der Waals surface area contributed by atoms with Crippen LogP contribution in [-0.2, 0) is 5.75 Å². The summed E-state index contributed by atoms with van der Waals surface area (Å²) in [5.74, 6) is 1.13. The molecule has 10 heteroatoms. The molecule has 3 heterocycles. The summed E-state index contributed by atoms with van der Waals surface area (Å²) in [5.41, 5.74) is 3.31. The number of benzene rings is 1. The minimum Gasteiger partial charge on any atom is -0.348 e. The number of pyridine rings is 1. The number of amides is 1. The summed E-state index contributed by atoms with van der Waals surface area (Å²) in [6, 6.07) is 9.67. The zero-order chi connectivity index (χ0) is 23.4. The molecule has 170 valence electrons. The van der Waals surface area contributed by atoms with Crippen LogP contribution in [-0.4, -0.2) is 36.7 Å². The molecule has 0 saturated heterocycles. The molecule has 0 radical (unpaired) electrons. The number of nitrogens with zero attached hydrogens (tertiary/aromatic N) is 5. The summed E-state index contributed by atoms with van der Waals surface area (Å²) in [4.78, 5) is 21.0. The van der Waals surface area contributed by atoms with Crippen molar-refractivity contribution in [3.05, 3.63) is 69.4 Å². The summed E-state index contributed by atoms with van der Waals surface area (Å²) in [7, 11) is 0. The number of aromatic nitrogens is 5. The molecule has 0 aliphatic carbocycles. The molecule has 1 unspecified atom stereocenters. The fraction of sp³-hybridized carbons (Fsp3) is 0.261. The number of rotatable bonds is 8. The van der Waals surface area contributed by atoms with Crippen LogP contribution in [0.2, 0.25) is 5.02 Å². The van der Waals surface area contributed by atoms with Crippen LogP contribution in [0.15, 0.2) is 53.3 Å². The number of thioether (sulfide) groups is 1. The Morgan fingerprint density at radius 1 is 1.24 bits per heavy atom. The van der Waals surface area contributed by atoms with E-state index in [0.717, 1.165) is 28.2 Å². The van der Waals surface area contributed by atoms with Gasteiger partial charge < -0.3 is 5.32 Å². The van der Waals surface area contributed by atoms with E-state index in [9.17, 15) is 4.79 Å². The largest absolute Gasteiger partial charge is 0.348 e. The van der Waals surface area contributed by atoms with Crippen molar-refractivity contribution >= 4 is 40.6 Å². The van der Waals surface area contributed by atoms with Gasteiger partial charge in [0.2, 0.25) is 0 Å². The third-order valence-corrected chi connectivity index (χ3v) is 7.29. The topological polar surface area (TPSA) is 85.6 Å². The van der Waals surface area contributed by atoms with E-state index in [1.165, 1.54) is 23.1 Å². The number of halogens is 1. The van der Waals surface area contributed by atoms with E-state index in [4.69, 9.17) is 11.6 Å². The molecule has 1 atom stereocenters. The molecule has 3 aromatic heterocycles. The lowest BCUT2D eigenvalue weighted by Gasteiger charge is -2.13. The average Bonchev–Trinajstić information content (AvgIpc) is 3.47. The molecule has 7 nitrogen and oxygen atoms in total. The quantitative estimate of drug-likeness (QED) is 0.320. The third kappa shape index (κ3) is 5.43. The fourth-order valence-corrected chi connectivity index (χ4v) is 5.00. The van der Waals surface area contributed by atoms with Crippen molar-refractivity contribution in [1.82, 2.24) is 30.0 Å².